The maximum absolute atomic E-state index is 12.1. The number of hydrogen-bond acceptors (Lipinski definition) is 5. The lowest BCUT2D eigenvalue weighted by Crippen LogP contribution is -2.23. The van der Waals surface area contributed by atoms with Gasteiger partial charge in [0.2, 0.25) is 0 Å². The predicted molar refractivity (Wildman–Crippen MR) is 84.0 cm³/mol. The number of nitrogens with zero attached hydrogens (tertiary/aromatic N) is 1. The highest BCUT2D eigenvalue weighted by Gasteiger charge is 2.25. The van der Waals surface area contributed by atoms with E-state index in [4.69, 9.17) is 4.74 Å². The summed E-state index contributed by atoms with van der Waals surface area (Å²) in [5.74, 6) is -0.322. The third-order valence-corrected chi connectivity index (χ3v) is 4.30. The van der Waals surface area contributed by atoms with Crippen LogP contribution in [0.2, 0.25) is 0 Å². The molecule has 0 aliphatic carbocycles. The van der Waals surface area contributed by atoms with Crippen molar-refractivity contribution in [2.75, 3.05) is 11.9 Å². The fourth-order valence-electron chi connectivity index (χ4n) is 1.69. The van der Waals surface area contributed by atoms with E-state index in [1.165, 1.54) is 11.3 Å². The van der Waals surface area contributed by atoms with Crippen molar-refractivity contribution in [2.24, 2.45) is 0 Å². The van der Waals surface area contributed by atoms with Crippen molar-refractivity contribution in [3.63, 3.8) is 0 Å². The average Bonchev–Trinajstić information content (AvgIpc) is 2.84. The second-order valence-corrected chi connectivity index (χ2v) is 5.88. The van der Waals surface area contributed by atoms with Crippen LogP contribution in [0, 0.1) is 6.92 Å². The maximum atomic E-state index is 12.1. The molecule has 0 amide bonds. The van der Waals surface area contributed by atoms with Crippen molar-refractivity contribution in [1.29, 1.82) is 0 Å². The molecule has 20 heavy (non-hydrogen) atoms. The summed E-state index contributed by atoms with van der Waals surface area (Å²) in [4.78, 5) is 16.5. The largest absolute Gasteiger partial charge is 0.464 e. The van der Waals surface area contributed by atoms with E-state index < -0.39 is 6.04 Å². The van der Waals surface area contributed by atoms with Gasteiger partial charge in [-0.3, -0.25) is 0 Å². The second kappa shape index (κ2) is 6.85. The van der Waals surface area contributed by atoms with Crippen LogP contribution in [0.15, 0.2) is 34.1 Å². The second-order valence-electron chi connectivity index (χ2n) is 4.14. The molecule has 1 N–H and O–H groups in total. The Hall–Kier alpha value is -1.40. The normalized spacial score (nSPS) is 11.9. The molecular weight excluding hydrogens is 340 g/mol. The smallest absolute Gasteiger partial charge is 0.335 e. The number of esters is 1. The van der Waals surface area contributed by atoms with Gasteiger partial charge in [-0.2, -0.15) is 0 Å². The Morgan fingerprint density at radius 1 is 1.50 bits per heavy atom. The molecule has 106 valence electrons. The fourth-order valence-corrected chi connectivity index (χ4v) is 2.92. The number of hydrogen-bond donors (Lipinski definition) is 1. The molecule has 1 aromatic carbocycles. The van der Waals surface area contributed by atoms with Crippen molar-refractivity contribution in [3.8, 4) is 0 Å². The van der Waals surface area contributed by atoms with Crippen LogP contribution in [0.25, 0.3) is 0 Å². The molecule has 1 heterocycles. The monoisotopic (exact) mass is 354 g/mol. The number of carbonyl (C=O) groups excluding carboxylic acids is 1. The van der Waals surface area contributed by atoms with E-state index in [-0.39, 0.29) is 5.97 Å². The third-order valence-electron chi connectivity index (χ3n) is 2.58. The van der Waals surface area contributed by atoms with Gasteiger partial charge in [-0.25, -0.2) is 9.78 Å². The van der Waals surface area contributed by atoms with E-state index in [1.807, 2.05) is 36.6 Å². The Morgan fingerprint density at radius 3 is 2.85 bits per heavy atom. The van der Waals surface area contributed by atoms with Gasteiger partial charge in [0.1, 0.15) is 5.01 Å². The lowest BCUT2D eigenvalue weighted by molar-refractivity contribution is -0.144. The number of aryl methyl sites for hydroxylation is 1. The molecule has 6 heteroatoms. The quantitative estimate of drug-likeness (QED) is 0.826. The van der Waals surface area contributed by atoms with E-state index in [1.54, 1.807) is 6.92 Å². The summed E-state index contributed by atoms with van der Waals surface area (Å²) < 4.78 is 6.02. The molecule has 0 fully saturated rings. The molecule has 1 aromatic heterocycles. The zero-order chi connectivity index (χ0) is 14.5. The molecule has 0 bridgehead atoms. The molecular formula is C14H15BrN2O2S. The SMILES string of the molecule is CCOC(=O)C(Nc1ccccc1Br)c1nc(C)cs1. The number of nitrogens with one attached hydrogen (secondary N) is 1. The molecule has 4 nitrogen and oxygen atoms in total. The van der Waals surface area contributed by atoms with Crippen LogP contribution in [0.4, 0.5) is 5.69 Å². The van der Waals surface area contributed by atoms with Gasteiger partial charge in [0.15, 0.2) is 6.04 Å². The first-order valence-electron chi connectivity index (χ1n) is 6.21. The minimum absolute atomic E-state index is 0.322. The summed E-state index contributed by atoms with van der Waals surface area (Å²) >= 11 is 4.91. The molecule has 0 radical (unpaired) electrons. The van der Waals surface area contributed by atoms with Crippen LogP contribution in [-0.4, -0.2) is 17.6 Å². The highest BCUT2D eigenvalue weighted by Crippen LogP contribution is 2.28. The number of anilines is 1. The summed E-state index contributed by atoms with van der Waals surface area (Å²) in [6.07, 6.45) is 0. The van der Waals surface area contributed by atoms with Crippen molar-refractivity contribution >= 4 is 38.9 Å². The Bertz CT molecular complexity index is 600. The molecule has 0 aliphatic rings. The zero-order valence-corrected chi connectivity index (χ0v) is 13.6. The van der Waals surface area contributed by atoms with Crippen molar-refractivity contribution in [2.45, 2.75) is 19.9 Å². The first-order chi connectivity index (χ1) is 9.61. The van der Waals surface area contributed by atoms with Crippen LogP contribution in [0.3, 0.4) is 0 Å². The number of benzene rings is 1. The molecule has 0 spiro atoms. The van der Waals surface area contributed by atoms with Crippen LogP contribution in [0.1, 0.15) is 23.7 Å². The Labute approximate surface area is 130 Å². The Balaban J connectivity index is 2.27. The van der Waals surface area contributed by atoms with Gasteiger partial charge >= 0.3 is 5.97 Å². The molecule has 2 aromatic rings. The summed E-state index contributed by atoms with van der Waals surface area (Å²) in [7, 11) is 0. The molecule has 0 saturated carbocycles. The van der Waals surface area contributed by atoms with Gasteiger partial charge in [-0.1, -0.05) is 12.1 Å². The number of para-hydroxylation sites is 1. The topological polar surface area (TPSA) is 51.2 Å². The van der Waals surface area contributed by atoms with Gasteiger partial charge in [-0.05, 0) is 41.9 Å². The van der Waals surface area contributed by atoms with Crippen LogP contribution in [-0.2, 0) is 9.53 Å². The van der Waals surface area contributed by atoms with E-state index in [2.05, 4.69) is 26.2 Å². The van der Waals surface area contributed by atoms with Crippen molar-refractivity contribution < 1.29 is 9.53 Å². The Morgan fingerprint density at radius 2 is 2.25 bits per heavy atom. The highest BCUT2D eigenvalue weighted by atomic mass is 79.9. The lowest BCUT2D eigenvalue weighted by atomic mass is 10.2. The molecule has 0 aliphatic heterocycles. The summed E-state index contributed by atoms with van der Waals surface area (Å²) in [5, 5.41) is 5.81. The summed E-state index contributed by atoms with van der Waals surface area (Å²) in [6, 6.07) is 7.05. The third kappa shape index (κ3) is 3.58. The molecule has 2 rings (SSSR count). The molecule has 1 unspecified atom stereocenters. The average molecular weight is 355 g/mol. The van der Waals surface area contributed by atoms with E-state index in [0.29, 0.717) is 11.6 Å². The summed E-state index contributed by atoms with van der Waals surface area (Å²) in [5.41, 5.74) is 1.73. The van der Waals surface area contributed by atoms with E-state index in [0.717, 1.165) is 15.9 Å². The number of rotatable bonds is 5. The van der Waals surface area contributed by atoms with Gasteiger partial charge in [0.05, 0.1) is 6.61 Å². The van der Waals surface area contributed by atoms with E-state index in [9.17, 15) is 4.79 Å². The predicted octanol–water partition coefficient (Wildman–Crippen LogP) is 3.93. The van der Waals surface area contributed by atoms with Crippen LogP contribution < -0.4 is 5.32 Å². The lowest BCUT2D eigenvalue weighted by Gasteiger charge is -2.17. The van der Waals surface area contributed by atoms with E-state index >= 15 is 0 Å². The van der Waals surface area contributed by atoms with Crippen molar-refractivity contribution in [3.05, 3.63) is 44.8 Å². The molecule has 0 saturated heterocycles. The van der Waals surface area contributed by atoms with Crippen LogP contribution >= 0.6 is 27.3 Å². The Kier molecular flexibility index (Phi) is 5.14. The minimum Gasteiger partial charge on any atom is -0.464 e. The highest BCUT2D eigenvalue weighted by molar-refractivity contribution is 9.10. The zero-order valence-electron chi connectivity index (χ0n) is 11.2. The number of ether oxygens (including phenoxy) is 1. The van der Waals surface area contributed by atoms with Crippen molar-refractivity contribution in [1.82, 2.24) is 4.98 Å². The van der Waals surface area contributed by atoms with Gasteiger partial charge in [-0.15, -0.1) is 11.3 Å². The standard InChI is InChI=1S/C14H15BrN2O2S/c1-3-19-14(18)12(13-16-9(2)8-20-13)17-11-7-5-4-6-10(11)15/h4-8,12,17H,3H2,1-2H3. The number of aromatic nitrogens is 1. The first-order valence-corrected chi connectivity index (χ1v) is 7.88. The van der Waals surface area contributed by atoms with Gasteiger partial charge in [0, 0.05) is 21.2 Å². The molecule has 1 atom stereocenters. The minimum atomic E-state index is -0.590. The van der Waals surface area contributed by atoms with Crippen LogP contribution in [0.5, 0.6) is 0 Å². The summed E-state index contributed by atoms with van der Waals surface area (Å²) in [6.45, 7) is 4.04. The maximum Gasteiger partial charge on any atom is 0.335 e. The first kappa shape index (κ1) is 15.0. The number of halogens is 1. The van der Waals surface area contributed by atoms with Gasteiger partial charge in [0.25, 0.3) is 0 Å². The number of thiazole rings is 1. The van der Waals surface area contributed by atoms with Gasteiger partial charge < -0.3 is 10.1 Å². The number of carbonyl (C=O) groups is 1. The fraction of sp³-hybridized carbons (Fsp3) is 0.286.